The van der Waals surface area contributed by atoms with Gasteiger partial charge in [0.2, 0.25) is 0 Å². The molecule has 0 saturated heterocycles. The summed E-state index contributed by atoms with van der Waals surface area (Å²) < 4.78 is 10.6. The fraction of sp³-hybridized carbons (Fsp3) is 0.182. The van der Waals surface area contributed by atoms with Crippen LogP contribution in [0.25, 0.3) is 0 Å². The largest absolute Gasteiger partial charge is 0.496 e. The van der Waals surface area contributed by atoms with Crippen LogP contribution in [-0.2, 0) is 6.42 Å². The lowest BCUT2D eigenvalue weighted by Crippen LogP contribution is -2.15. The number of hydrogen-bond donors (Lipinski definition) is 2. The van der Waals surface area contributed by atoms with Crippen LogP contribution in [0.5, 0.6) is 11.5 Å². The quantitative estimate of drug-likeness (QED) is 0.621. The molecule has 6 nitrogen and oxygen atoms in total. The van der Waals surface area contributed by atoms with Gasteiger partial charge in [0.05, 0.1) is 26.1 Å². The van der Waals surface area contributed by atoms with Crippen molar-refractivity contribution >= 4 is 17.4 Å². The third-order valence-corrected chi connectivity index (χ3v) is 4.25. The van der Waals surface area contributed by atoms with Crippen LogP contribution in [0.3, 0.4) is 0 Å². The van der Waals surface area contributed by atoms with Crippen LogP contribution in [0.4, 0.5) is 11.5 Å². The first-order chi connectivity index (χ1) is 13.7. The lowest BCUT2D eigenvalue weighted by atomic mass is 10.1. The highest BCUT2D eigenvalue weighted by molar-refractivity contribution is 6.07. The van der Waals surface area contributed by atoms with Crippen molar-refractivity contribution < 1.29 is 14.3 Å². The molecule has 28 heavy (non-hydrogen) atoms. The molecule has 1 heterocycles. The van der Waals surface area contributed by atoms with Gasteiger partial charge in [0.25, 0.3) is 5.91 Å². The van der Waals surface area contributed by atoms with E-state index in [0.29, 0.717) is 22.9 Å². The second-order valence-corrected chi connectivity index (χ2v) is 6.09. The number of nitrogens with one attached hydrogen (secondary N) is 2. The Hall–Kier alpha value is -3.54. The topological polar surface area (TPSA) is 72.5 Å². The number of methoxy groups -OCH3 is 2. The molecule has 3 aromatic rings. The molecule has 0 unspecified atom stereocenters. The van der Waals surface area contributed by atoms with E-state index in [2.05, 4.69) is 27.8 Å². The number of carbonyl (C=O) groups excluding carboxylic acids is 1. The highest BCUT2D eigenvalue weighted by Gasteiger charge is 2.18. The number of amides is 1. The minimum atomic E-state index is -0.341. The molecule has 6 heteroatoms. The summed E-state index contributed by atoms with van der Waals surface area (Å²) in [7, 11) is 3.03. The zero-order chi connectivity index (χ0) is 19.8. The number of nitrogens with zero attached hydrogens (tertiary/aromatic N) is 1. The predicted octanol–water partition coefficient (Wildman–Crippen LogP) is 4.01. The first kappa shape index (κ1) is 19.2. The summed E-state index contributed by atoms with van der Waals surface area (Å²) in [6.45, 7) is 0.801. The number of ether oxygens (including phenoxy) is 2. The van der Waals surface area contributed by atoms with Crippen molar-refractivity contribution in [3.63, 3.8) is 0 Å². The zero-order valence-corrected chi connectivity index (χ0v) is 15.9. The summed E-state index contributed by atoms with van der Waals surface area (Å²) in [5, 5.41) is 6.11. The van der Waals surface area contributed by atoms with Crippen LogP contribution in [-0.4, -0.2) is 31.7 Å². The smallest absolute Gasteiger partial charge is 0.264 e. The molecular formula is C22H23N3O3. The Labute approximate surface area is 164 Å². The van der Waals surface area contributed by atoms with Crippen LogP contribution >= 0.6 is 0 Å². The number of pyridine rings is 1. The summed E-state index contributed by atoms with van der Waals surface area (Å²) in [5.74, 6) is 0.991. The first-order valence-corrected chi connectivity index (χ1v) is 8.97. The van der Waals surface area contributed by atoms with Crippen molar-refractivity contribution in [2.45, 2.75) is 6.42 Å². The summed E-state index contributed by atoms with van der Waals surface area (Å²) >= 11 is 0. The number of rotatable bonds is 8. The van der Waals surface area contributed by atoms with Crippen molar-refractivity contribution in [2.75, 3.05) is 31.4 Å². The maximum atomic E-state index is 12.7. The molecule has 0 aliphatic heterocycles. The van der Waals surface area contributed by atoms with E-state index in [-0.39, 0.29) is 5.91 Å². The highest BCUT2D eigenvalue weighted by atomic mass is 16.5. The van der Waals surface area contributed by atoms with Crippen LogP contribution < -0.4 is 20.1 Å². The molecule has 2 N–H and O–H groups in total. The van der Waals surface area contributed by atoms with Crippen molar-refractivity contribution in [1.82, 2.24) is 4.98 Å². The van der Waals surface area contributed by atoms with Gasteiger partial charge in [-0.25, -0.2) is 4.98 Å². The van der Waals surface area contributed by atoms with Gasteiger partial charge in [-0.05, 0) is 36.2 Å². The third-order valence-electron chi connectivity index (χ3n) is 4.25. The average molecular weight is 377 g/mol. The van der Waals surface area contributed by atoms with E-state index >= 15 is 0 Å². The van der Waals surface area contributed by atoms with E-state index in [9.17, 15) is 4.79 Å². The van der Waals surface area contributed by atoms with Crippen LogP contribution in [0.15, 0.2) is 66.9 Å². The summed E-state index contributed by atoms with van der Waals surface area (Å²) in [5.41, 5.74) is 2.50. The third kappa shape index (κ3) is 4.79. The lowest BCUT2D eigenvalue weighted by molar-refractivity contribution is 0.102. The van der Waals surface area contributed by atoms with E-state index in [1.54, 1.807) is 30.5 Å². The summed E-state index contributed by atoms with van der Waals surface area (Å²) in [6, 6.07) is 19.1. The van der Waals surface area contributed by atoms with E-state index in [1.807, 2.05) is 24.3 Å². The lowest BCUT2D eigenvalue weighted by Gasteiger charge is -2.13. The Balaban J connectivity index is 1.60. The van der Waals surface area contributed by atoms with Gasteiger partial charge in [-0.2, -0.15) is 0 Å². The van der Waals surface area contributed by atoms with Crippen LogP contribution in [0, 0.1) is 0 Å². The van der Waals surface area contributed by atoms with E-state index in [0.717, 1.165) is 18.7 Å². The van der Waals surface area contributed by atoms with Gasteiger partial charge in [0.1, 0.15) is 22.9 Å². The van der Waals surface area contributed by atoms with E-state index < -0.39 is 0 Å². The fourth-order valence-electron chi connectivity index (χ4n) is 2.82. The maximum absolute atomic E-state index is 12.7. The van der Waals surface area contributed by atoms with Gasteiger partial charge in [0.15, 0.2) is 0 Å². The Morgan fingerprint density at radius 2 is 1.64 bits per heavy atom. The van der Waals surface area contributed by atoms with Gasteiger partial charge < -0.3 is 20.1 Å². The molecule has 2 aromatic carbocycles. The molecule has 0 atom stereocenters. The molecular weight excluding hydrogens is 354 g/mol. The number of anilines is 2. The predicted molar refractivity (Wildman–Crippen MR) is 110 cm³/mol. The van der Waals surface area contributed by atoms with Crippen LogP contribution in [0.1, 0.15) is 15.9 Å². The van der Waals surface area contributed by atoms with Gasteiger partial charge in [-0.15, -0.1) is 0 Å². The number of hydrogen-bond acceptors (Lipinski definition) is 5. The Bertz CT molecular complexity index is 890. The van der Waals surface area contributed by atoms with Crippen molar-refractivity contribution in [2.24, 2.45) is 0 Å². The molecule has 3 rings (SSSR count). The van der Waals surface area contributed by atoms with Crippen molar-refractivity contribution in [3.05, 3.63) is 78.0 Å². The molecule has 0 spiro atoms. The number of carbonyl (C=O) groups is 1. The van der Waals surface area contributed by atoms with Gasteiger partial charge in [-0.3, -0.25) is 4.79 Å². The summed E-state index contributed by atoms with van der Waals surface area (Å²) in [4.78, 5) is 17.0. The molecule has 0 fully saturated rings. The minimum Gasteiger partial charge on any atom is -0.496 e. The SMILES string of the molecule is COc1cccc(OC)c1C(=O)Nc1ccc(NCCc2ccccc2)cn1. The van der Waals surface area contributed by atoms with Gasteiger partial charge >= 0.3 is 0 Å². The summed E-state index contributed by atoms with van der Waals surface area (Å²) in [6.07, 6.45) is 2.62. The Kier molecular flexibility index (Phi) is 6.46. The molecule has 0 aliphatic rings. The van der Waals surface area contributed by atoms with E-state index in [4.69, 9.17) is 9.47 Å². The Morgan fingerprint density at radius 1 is 0.929 bits per heavy atom. The minimum absolute atomic E-state index is 0.333. The second kappa shape index (κ2) is 9.41. The molecule has 144 valence electrons. The van der Waals surface area contributed by atoms with Crippen molar-refractivity contribution in [1.29, 1.82) is 0 Å². The number of aromatic nitrogens is 1. The van der Waals surface area contributed by atoms with Gasteiger partial charge in [-0.1, -0.05) is 36.4 Å². The monoisotopic (exact) mass is 377 g/mol. The zero-order valence-electron chi connectivity index (χ0n) is 15.9. The molecule has 1 amide bonds. The molecule has 0 radical (unpaired) electrons. The van der Waals surface area contributed by atoms with Crippen LogP contribution in [0.2, 0.25) is 0 Å². The second-order valence-electron chi connectivity index (χ2n) is 6.09. The van der Waals surface area contributed by atoms with Gasteiger partial charge in [0, 0.05) is 6.54 Å². The molecule has 0 saturated carbocycles. The van der Waals surface area contributed by atoms with E-state index in [1.165, 1.54) is 19.8 Å². The highest BCUT2D eigenvalue weighted by Crippen LogP contribution is 2.28. The standard InChI is InChI=1S/C22H23N3O3/c1-27-18-9-6-10-19(28-2)21(18)22(26)25-20-12-11-17(15-24-20)23-14-13-16-7-4-3-5-8-16/h3-12,15,23H,13-14H2,1-2H3,(H,24,25,26). The van der Waals surface area contributed by atoms with Crippen molar-refractivity contribution in [3.8, 4) is 11.5 Å². The molecule has 0 bridgehead atoms. The molecule has 0 aliphatic carbocycles. The Morgan fingerprint density at radius 3 is 2.25 bits per heavy atom. The molecule has 1 aromatic heterocycles. The first-order valence-electron chi connectivity index (χ1n) is 8.97. The maximum Gasteiger partial charge on any atom is 0.264 e. The normalized spacial score (nSPS) is 10.2. The average Bonchev–Trinajstić information content (AvgIpc) is 2.75. The fourth-order valence-corrected chi connectivity index (χ4v) is 2.82. The number of benzene rings is 2.